The van der Waals surface area contributed by atoms with Crippen molar-refractivity contribution in [3.05, 3.63) is 41.0 Å². The lowest BCUT2D eigenvalue weighted by atomic mass is 9.99. The Morgan fingerprint density at radius 2 is 2.05 bits per heavy atom. The van der Waals surface area contributed by atoms with E-state index in [2.05, 4.69) is 19.9 Å². The number of rotatable bonds is 4. The molecule has 0 spiro atoms. The van der Waals surface area contributed by atoms with E-state index in [4.69, 9.17) is 0 Å². The van der Waals surface area contributed by atoms with Crippen LogP contribution in [-0.2, 0) is 13.0 Å². The smallest absolute Gasteiger partial charge is 0.293 e. The summed E-state index contributed by atoms with van der Waals surface area (Å²) in [7, 11) is 0. The molecular weight excluding hydrogens is 266 g/mol. The summed E-state index contributed by atoms with van der Waals surface area (Å²) in [6.07, 6.45) is 11.7. The standard InChI is InChI=1S/C15H19N5O/c21-15-14(17-6-8-20(15)12-2-3-12)18-9-11-1-4-13-16-5-7-19(13)10-11/h5-8,11-12H,1-4,9-10H2,(H,17,18)/t11-/m0/s1. The summed E-state index contributed by atoms with van der Waals surface area (Å²) in [5.74, 6) is 2.17. The van der Waals surface area contributed by atoms with Crippen LogP contribution in [0.25, 0.3) is 0 Å². The Hall–Kier alpha value is -2.11. The fourth-order valence-electron chi connectivity index (χ4n) is 3.03. The third-order valence-corrected chi connectivity index (χ3v) is 4.40. The van der Waals surface area contributed by atoms with Gasteiger partial charge in [0.05, 0.1) is 0 Å². The van der Waals surface area contributed by atoms with Crippen molar-refractivity contribution in [2.75, 3.05) is 11.9 Å². The van der Waals surface area contributed by atoms with Crippen molar-refractivity contribution >= 4 is 5.82 Å². The zero-order valence-corrected chi connectivity index (χ0v) is 11.9. The number of fused-ring (bicyclic) bond motifs is 1. The first kappa shape index (κ1) is 12.6. The molecule has 1 atom stereocenters. The summed E-state index contributed by atoms with van der Waals surface area (Å²) in [5.41, 5.74) is 0.0131. The SMILES string of the molecule is O=c1c(NC[C@@H]2CCc3nccn3C2)nccn1C1CC1. The maximum absolute atomic E-state index is 12.3. The first-order valence-electron chi connectivity index (χ1n) is 7.62. The van der Waals surface area contributed by atoms with E-state index in [1.54, 1.807) is 12.4 Å². The fourth-order valence-corrected chi connectivity index (χ4v) is 3.03. The second-order valence-electron chi connectivity index (χ2n) is 6.00. The second-order valence-corrected chi connectivity index (χ2v) is 6.00. The van der Waals surface area contributed by atoms with Crippen molar-refractivity contribution in [2.45, 2.75) is 38.3 Å². The van der Waals surface area contributed by atoms with Gasteiger partial charge in [0, 0.05) is 50.3 Å². The molecule has 1 fully saturated rings. The number of hydrogen-bond acceptors (Lipinski definition) is 4. The molecule has 2 aromatic heterocycles. The maximum Gasteiger partial charge on any atom is 0.293 e. The molecule has 1 aliphatic heterocycles. The predicted molar refractivity (Wildman–Crippen MR) is 79.3 cm³/mol. The molecule has 2 aromatic rings. The molecule has 6 heteroatoms. The van der Waals surface area contributed by atoms with Crippen LogP contribution in [0, 0.1) is 5.92 Å². The minimum absolute atomic E-state index is 0.0131. The number of imidazole rings is 1. The number of nitrogens with one attached hydrogen (secondary N) is 1. The van der Waals surface area contributed by atoms with E-state index in [1.165, 1.54) is 5.82 Å². The van der Waals surface area contributed by atoms with E-state index in [-0.39, 0.29) is 5.56 Å². The van der Waals surface area contributed by atoms with E-state index >= 15 is 0 Å². The third kappa shape index (κ3) is 2.46. The van der Waals surface area contributed by atoms with E-state index < -0.39 is 0 Å². The quantitative estimate of drug-likeness (QED) is 0.923. The lowest BCUT2D eigenvalue weighted by molar-refractivity contribution is 0.380. The molecule has 2 aliphatic rings. The van der Waals surface area contributed by atoms with Crippen molar-refractivity contribution in [3.63, 3.8) is 0 Å². The predicted octanol–water partition coefficient (Wildman–Crippen LogP) is 1.45. The van der Waals surface area contributed by atoms with Crippen LogP contribution < -0.4 is 10.9 Å². The van der Waals surface area contributed by atoms with Gasteiger partial charge in [-0.05, 0) is 25.2 Å². The minimum atomic E-state index is 0.0131. The normalized spacial score (nSPS) is 21.0. The van der Waals surface area contributed by atoms with Crippen LogP contribution >= 0.6 is 0 Å². The number of nitrogens with zero attached hydrogens (tertiary/aromatic N) is 4. The fraction of sp³-hybridized carbons (Fsp3) is 0.533. The van der Waals surface area contributed by atoms with Gasteiger partial charge < -0.3 is 14.5 Å². The molecule has 0 unspecified atom stereocenters. The van der Waals surface area contributed by atoms with E-state index in [0.717, 1.165) is 38.8 Å². The summed E-state index contributed by atoms with van der Waals surface area (Å²) in [4.78, 5) is 20.8. The summed E-state index contributed by atoms with van der Waals surface area (Å²) >= 11 is 0. The van der Waals surface area contributed by atoms with E-state index in [0.29, 0.717) is 17.8 Å². The Kier molecular flexibility index (Phi) is 3.02. The molecule has 0 amide bonds. The molecule has 1 aliphatic carbocycles. The van der Waals surface area contributed by atoms with Gasteiger partial charge in [0.25, 0.3) is 5.56 Å². The Morgan fingerprint density at radius 3 is 2.90 bits per heavy atom. The Labute approximate surface area is 122 Å². The second kappa shape index (κ2) is 5.02. The van der Waals surface area contributed by atoms with Crippen LogP contribution in [0.4, 0.5) is 5.82 Å². The van der Waals surface area contributed by atoms with Crippen LogP contribution in [0.3, 0.4) is 0 Å². The third-order valence-electron chi connectivity index (χ3n) is 4.40. The highest BCUT2D eigenvalue weighted by molar-refractivity contribution is 5.31. The van der Waals surface area contributed by atoms with E-state index in [1.807, 2.05) is 17.0 Å². The highest BCUT2D eigenvalue weighted by Crippen LogP contribution is 2.33. The van der Waals surface area contributed by atoms with Crippen LogP contribution in [0.15, 0.2) is 29.6 Å². The van der Waals surface area contributed by atoms with Crippen molar-refractivity contribution in [1.29, 1.82) is 0 Å². The first-order valence-corrected chi connectivity index (χ1v) is 7.62. The van der Waals surface area contributed by atoms with Gasteiger partial charge in [0.15, 0.2) is 5.82 Å². The van der Waals surface area contributed by atoms with Gasteiger partial charge in [-0.25, -0.2) is 9.97 Å². The zero-order valence-electron chi connectivity index (χ0n) is 11.9. The summed E-state index contributed by atoms with van der Waals surface area (Å²) in [6.45, 7) is 1.75. The van der Waals surface area contributed by atoms with Crippen molar-refractivity contribution in [2.24, 2.45) is 5.92 Å². The molecule has 4 rings (SSSR count). The molecule has 0 aromatic carbocycles. The highest BCUT2D eigenvalue weighted by Gasteiger charge is 2.25. The molecule has 110 valence electrons. The van der Waals surface area contributed by atoms with Crippen molar-refractivity contribution in [1.82, 2.24) is 19.1 Å². The molecular formula is C15H19N5O. The number of aromatic nitrogens is 4. The topological polar surface area (TPSA) is 64.7 Å². The highest BCUT2D eigenvalue weighted by atomic mass is 16.1. The van der Waals surface area contributed by atoms with Gasteiger partial charge in [-0.3, -0.25) is 4.79 Å². The Balaban J connectivity index is 1.43. The monoisotopic (exact) mass is 285 g/mol. The Bertz CT molecular complexity index is 700. The molecule has 0 bridgehead atoms. The largest absolute Gasteiger partial charge is 0.365 e. The van der Waals surface area contributed by atoms with Crippen LogP contribution in [0.2, 0.25) is 0 Å². The van der Waals surface area contributed by atoms with Gasteiger partial charge in [0.1, 0.15) is 5.82 Å². The van der Waals surface area contributed by atoms with E-state index in [9.17, 15) is 4.79 Å². The van der Waals surface area contributed by atoms with Gasteiger partial charge in [-0.1, -0.05) is 0 Å². The first-order chi connectivity index (χ1) is 10.3. The van der Waals surface area contributed by atoms with Gasteiger partial charge >= 0.3 is 0 Å². The minimum Gasteiger partial charge on any atom is -0.365 e. The zero-order chi connectivity index (χ0) is 14.2. The average Bonchev–Trinajstić information content (AvgIpc) is 3.23. The molecule has 0 saturated heterocycles. The lowest BCUT2D eigenvalue weighted by Crippen LogP contribution is -2.29. The van der Waals surface area contributed by atoms with Crippen LogP contribution in [0.1, 0.15) is 31.1 Å². The molecule has 21 heavy (non-hydrogen) atoms. The van der Waals surface area contributed by atoms with Gasteiger partial charge in [0.2, 0.25) is 0 Å². The summed E-state index contributed by atoms with van der Waals surface area (Å²) in [5, 5.41) is 3.25. The maximum atomic E-state index is 12.3. The molecule has 3 heterocycles. The van der Waals surface area contributed by atoms with Gasteiger partial charge in [-0.2, -0.15) is 0 Å². The molecule has 6 nitrogen and oxygen atoms in total. The Morgan fingerprint density at radius 1 is 1.19 bits per heavy atom. The number of aryl methyl sites for hydroxylation is 1. The van der Waals surface area contributed by atoms with Crippen molar-refractivity contribution in [3.8, 4) is 0 Å². The van der Waals surface area contributed by atoms with Crippen LogP contribution in [-0.4, -0.2) is 25.6 Å². The summed E-state index contributed by atoms with van der Waals surface area (Å²) < 4.78 is 4.01. The van der Waals surface area contributed by atoms with Gasteiger partial charge in [-0.15, -0.1) is 0 Å². The molecule has 1 N–H and O–H groups in total. The molecule has 1 saturated carbocycles. The van der Waals surface area contributed by atoms with Crippen molar-refractivity contribution < 1.29 is 0 Å². The lowest BCUT2D eigenvalue weighted by Gasteiger charge is -2.24. The summed E-state index contributed by atoms with van der Waals surface area (Å²) in [6, 6.07) is 0.393. The number of anilines is 1. The molecule has 0 radical (unpaired) electrons. The number of hydrogen-bond donors (Lipinski definition) is 1. The average molecular weight is 285 g/mol. The van der Waals surface area contributed by atoms with Crippen LogP contribution in [0.5, 0.6) is 0 Å².